The molecule has 0 amide bonds. The third-order valence-corrected chi connectivity index (χ3v) is 8.17. The predicted octanol–water partition coefficient (Wildman–Crippen LogP) is 7.40. The van der Waals surface area contributed by atoms with Gasteiger partial charge in [-0.2, -0.15) is 4.98 Å². The van der Waals surface area contributed by atoms with Crippen molar-refractivity contribution < 1.29 is 19.0 Å². The van der Waals surface area contributed by atoms with Gasteiger partial charge in [0, 0.05) is 30.9 Å². The second-order valence-corrected chi connectivity index (χ2v) is 11.4. The van der Waals surface area contributed by atoms with Crippen molar-refractivity contribution in [2.24, 2.45) is 0 Å². The van der Waals surface area contributed by atoms with Crippen LogP contribution in [-0.2, 0) is 14.3 Å². The molecule has 4 aromatic rings. The lowest BCUT2D eigenvalue weighted by molar-refractivity contribution is -0.133. The first kappa shape index (κ1) is 29.3. The summed E-state index contributed by atoms with van der Waals surface area (Å²) in [7, 11) is 0. The molecule has 2 aliphatic rings. The number of carbonyl (C=O) groups is 1. The fourth-order valence-electron chi connectivity index (χ4n) is 5.79. The monoisotopic (exact) mass is 583 g/mol. The van der Waals surface area contributed by atoms with Gasteiger partial charge in [0.2, 0.25) is 5.95 Å². The molecule has 4 heterocycles. The van der Waals surface area contributed by atoms with E-state index in [-0.39, 0.29) is 18.1 Å². The van der Waals surface area contributed by atoms with Crippen molar-refractivity contribution in [3.8, 4) is 17.0 Å². The molecule has 2 fully saturated rings. The number of Topliss-reactive ketones (excluding diaryl/α,β-unsaturated/α-hetero) is 1. The molecule has 0 aliphatic carbocycles. The van der Waals surface area contributed by atoms with E-state index in [0.29, 0.717) is 19.0 Å². The number of hydrogen-bond donors (Lipinski definition) is 1. The molecule has 0 radical (unpaired) electrons. The molecule has 2 atom stereocenters. The zero-order valence-corrected chi connectivity index (χ0v) is 24.7. The fourth-order valence-corrected chi connectivity index (χ4v) is 5.79. The highest BCUT2D eigenvalue weighted by molar-refractivity contribution is 5.88. The van der Waals surface area contributed by atoms with E-state index >= 15 is 0 Å². The number of fused-ring (bicyclic) bond motifs is 1. The van der Waals surface area contributed by atoms with Gasteiger partial charge in [-0.3, -0.25) is 9.36 Å². The van der Waals surface area contributed by atoms with Crippen LogP contribution < -0.4 is 10.1 Å². The van der Waals surface area contributed by atoms with Crippen molar-refractivity contribution in [1.29, 1.82) is 0 Å². The molecule has 2 aromatic heterocycles. The molecule has 226 valence electrons. The van der Waals surface area contributed by atoms with Crippen LogP contribution in [-0.4, -0.2) is 51.2 Å². The van der Waals surface area contributed by atoms with Gasteiger partial charge >= 0.3 is 0 Å². The third-order valence-electron chi connectivity index (χ3n) is 8.17. The first-order valence-electron chi connectivity index (χ1n) is 15.8. The number of nitrogens with one attached hydrogen (secondary N) is 1. The molecule has 0 spiro atoms. The zero-order chi connectivity index (χ0) is 29.3. The maximum absolute atomic E-state index is 12.3. The molecule has 0 bridgehead atoms. The summed E-state index contributed by atoms with van der Waals surface area (Å²) in [5.41, 5.74) is 4.17. The molecule has 2 saturated heterocycles. The minimum absolute atomic E-state index is 0.0693. The second-order valence-electron chi connectivity index (χ2n) is 11.4. The Morgan fingerprint density at radius 3 is 2.44 bits per heavy atom. The first-order chi connectivity index (χ1) is 21.2. The Hall–Kier alpha value is -3.82. The van der Waals surface area contributed by atoms with E-state index in [1.54, 1.807) is 0 Å². The molecule has 9 nitrogen and oxygen atoms in total. The molecule has 2 aliphatic heterocycles. The number of nitrogens with zero attached hydrogens (tertiary/aromatic N) is 4. The Kier molecular flexibility index (Phi) is 9.92. The highest BCUT2D eigenvalue weighted by Gasteiger charge is 2.22. The minimum atomic E-state index is -0.158. The molecule has 43 heavy (non-hydrogen) atoms. The third kappa shape index (κ3) is 7.58. The standard InChI is InChI=1S/C34H41N5O4/c40-28(29-15-7-10-22-42-29)14-6-1-2-9-21-41-27-19-17-26(18-20-27)36-34-37-31(25-12-4-3-5-13-25)32-33(38-34)39(24-35-32)30-16-8-11-23-43-30/h3-5,12-13,17-20,24,29-30H,1-2,6-11,14-16,21-23H2,(H,36,37,38). The van der Waals surface area contributed by atoms with Crippen molar-refractivity contribution in [2.75, 3.05) is 25.1 Å². The van der Waals surface area contributed by atoms with E-state index < -0.39 is 0 Å². The summed E-state index contributed by atoms with van der Waals surface area (Å²) in [6.07, 6.45) is 12.4. The quantitative estimate of drug-likeness (QED) is 0.163. The molecule has 2 aromatic carbocycles. The molecular weight excluding hydrogens is 542 g/mol. The van der Waals surface area contributed by atoms with Crippen molar-refractivity contribution >= 4 is 28.6 Å². The lowest BCUT2D eigenvalue weighted by atomic mass is 10.0. The lowest BCUT2D eigenvalue weighted by Crippen LogP contribution is -2.27. The van der Waals surface area contributed by atoms with E-state index in [2.05, 4.69) is 5.32 Å². The summed E-state index contributed by atoms with van der Waals surface area (Å²) >= 11 is 0. The average Bonchev–Trinajstić information content (AvgIpc) is 3.50. The Morgan fingerprint density at radius 2 is 1.67 bits per heavy atom. The molecular formula is C34H41N5O4. The number of imidazole rings is 1. The first-order valence-corrected chi connectivity index (χ1v) is 15.8. The number of unbranched alkanes of at least 4 members (excludes halogenated alkanes) is 3. The number of ketones is 1. The number of rotatable bonds is 13. The van der Waals surface area contributed by atoms with Gasteiger partial charge in [-0.1, -0.05) is 43.2 Å². The Balaban J connectivity index is 1.04. The van der Waals surface area contributed by atoms with Gasteiger partial charge in [0.1, 0.15) is 29.3 Å². The summed E-state index contributed by atoms with van der Waals surface area (Å²) in [5.74, 6) is 1.60. The van der Waals surface area contributed by atoms with Gasteiger partial charge < -0.3 is 19.5 Å². The highest BCUT2D eigenvalue weighted by atomic mass is 16.5. The van der Waals surface area contributed by atoms with Crippen molar-refractivity contribution in [1.82, 2.24) is 19.5 Å². The van der Waals surface area contributed by atoms with E-state index in [4.69, 9.17) is 29.2 Å². The maximum Gasteiger partial charge on any atom is 0.229 e. The van der Waals surface area contributed by atoms with Crippen LogP contribution >= 0.6 is 0 Å². The van der Waals surface area contributed by atoms with Gasteiger partial charge in [-0.05, 0) is 75.6 Å². The summed E-state index contributed by atoms with van der Waals surface area (Å²) < 4.78 is 19.7. The number of benzene rings is 2. The number of aromatic nitrogens is 4. The highest BCUT2D eigenvalue weighted by Crippen LogP contribution is 2.31. The summed E-state index contributed by atoms with van der Waals surface area (Å²) in [4.78, 5) is 26.7. The van der Waals surface area contributed by atoms with Crippen LogP contribution in [0.4, 0.5) is 11.6 Å². The molecule has 6 rings (SSSR count). The SMILES string of the molecule is O=C(CCCCCCOc1ccc(Nc2nc(-c3ccccc3)c3ncn(C4CCCCO4)c3n2)cc1)C1CCCCO1. The van der Waals surface area contributed by atoms with E-state index in [0.717, 1.165) is 111 Å². The summed E-state index contributed by atoms with van der Waals surface area (Å²) in [6, 6.07) is 18.0. The topological polar surface area (TPSA) is 100 Å². The predicted molar refractivity (Wildman–Crippen MR) is 167 cm³/mol. The molecule has 1 N–H and O–H groups in total. The Bertz CT molecular complexity index is 1460. The van der Waals surface area contributed by atoms with Gasteiger partial charge in [-0.25, -0.2) is 9.97 Å². The van der Waals surface area contributed by atoms with E-state index in [1.165, 1.54) is 0 Å². The van der Waals surface area contributed by atoms with E-state index in [9.17, 15) is 4.79 Å². The average molecular weight is 584 g/mol. The molecule has 2 unspecified atom stereocenters. The van der Waals surface area contributed by atoms with Crippen molar-refractivity contribution in [2.45, 2.75) is 83.0 Å². The summed E-state index contributed by atoms with van der Waals surface area (Å²) in [6.45, 7) is 2.13. The lowest BCUT2D eigenvalue weighted by Gasteiger charge is -2.23. The van der Waals surface area contributed by atoms with Crippen molar-refractivity contribution in [3.63, 3.8) is 0 Å². The normalized spacial score (nSPS) is 18.9. The minimum Gasteiger partial charge on any atom is -0.494 e. The Morgan fingerprint density at radius 1 is 0.884 bits per heavy atom. The van der Waals surface area contributed by atoms with Crippen LogP contribution in [0.1, 0.15) is 76.9 Å². The molecule has 0 saturated carbocycles. The Labute approximate surface area is 253 Å². The summed E-state index contributed by atoms with van der Waals surface area (Å²) in [5, 5.41) is 3.38. The number of carbonyl (C=O) groups excluding carboxylic acids is 1. The van der Waals surface area contributed by atoms with Crippen LogP contribution in [0.3, 0.4) is 0 Å². The van der Waals surface area contributed by atoms with Gasteiger partial charge in [0.05, 0.1) is 12.9 Å². The second kappa shape index (κ2) is 14.6. The largest absolute Gasteiger partial charge is 0.494 e. The van der Waals surface area contributed by atoms with Crippen LogP contribution in [0.2, 0.25) is 0 Å². The van der Waals surface area contributed by atoms with Crippen molar-refractivity contribution in [3.05, 3.63) is 60.9 Å². The van der Waals surface area contributed by atoms with Crippen LogP contribution in [0.15, 0.2) is 60.9 Å². The number of ether oxygens (including phenoxy) is 3. The number of hydrogen-bond acceptors (Lipinski definition) is 8. The van der Waals surface area contributed by atoms with Crippen LogP contribution in [0, 0.1) is 0 Å². The molecule has 9 heteroatoms. The van der Waals surface area contributed by atoms with E-state index in [1.807, 2.05) is 65.5 Å². The van der Waals surface area contributed by atoms with Crippen LogP contribution in [0.25, 0.3) is 22.4 Å². The van der Waals surface area contributed by atoms with Crippen LogP contribution in [0.5, 0.6) is 5.75 Å². The fraction of sp³-hybridized carbons (Fsp3) is 0.471. The zero-order valence-electron chi connectivity index (χ0n) is 24.7. The smallest absolute Gasteiger partial charge is 0.229 e. The number of anilines is 2. The van der Waals surface area contributed by atoms with Gasteiger partial charge in [-0.15, -0.1) is 0 Å². The van der Waals surface area contributed by atoms with Gasteiger partial charge in [0.15, 0.2) is 11.4 Å². The maximum atomic E-state index is 12.3. The van der Waals surface area contributed by atoms with Gasteiger partial charge in [0.25, 0.3) is 0 Å².